The largest absolute Gasteiger partial charge is 0.322 e. The molecule has 7 heteroatoms. The molecule has 3 aromatic rings. The molecule has 1 atom stereocenters. The van der Waals surface area contributed by atoms with Crippen molar-refractivity contribution in [2.45, 2.75) is 46.7 Å². The van der Waals surface area contributed by atoms with Crippen molar-refractivity contribution >= 4 is 34.2 Å². The molecular weight excluding hydrogens is 412 g/mol. The fourth-order valence-corrected chi connectivity index (χ4v) is 3.85. The number of nitrogens with one attached hydrogen (secondary N) is 1. The summed E-state index contributed by atoms with van der Waals surface area (Å²) in [6, 6.07) is 13.7. The fraction of sp³-hybridized carbons (Fsp3) is 0.375. The number of aromatic nitrogens is 2. The average Bonchev–Trinajstić information content (AvgIpc) is 2.73. The Balaban J connectivity index is 2.03. The van der Waals surface area contributed by atoms with Gasteiger partial charge >= 0.3 is 6.03 Å². The Morgan fingerprint density at radius 1 is 1.16 bits per heavy atom. The molecule has 6 nitrogen and oxygen atoms in total. The molecule has 0 aliphatic rings. The number of hydrogen-bond acceptors (Lipinski definition) is 3. The highest BCUT2D eigenvalue weighted by Gasteiger charge is 2.27. The number of benzene rings is 2. The molecule has 1 aromatic heterocycles. The van der Waals surface area contributed by atoms with Crippen LogP contribution in [0.25, 0.3) is 10.9 Å². The molecule has 0 aliphatic carbocycles. The number of amides is 2. The summed E-state index contributed by atoms with van der Waals surface area (Å²) in [5, 5.41) is 4.07. The predicted octanol–water partition coefficient (Wildman–Crippen LogP) is 5.71. The van der Waals surface area contributed by atoms with Gasteiger partial charge in [-0.25, -0.2) is 9.78 Å². The van der Waals surface area contributed by atoms with Crippen molar-refractivity contribution < 1.29 is 4.79 Å². The second kappa shape index (κ2) is 9.96. The monoisotopic (exact) mass is 440 g/mol. The van der Waals surface area contributed by atoms with Crippen molar-refractivity contribution in [1.82, 2.24) is 14.5 Å². The first-order valence-electron chi connectivity index (χ1n) is 10.6. The summed E-state index contributed by atoms with van der Waals surface area (Å²) in [4.78, 5) is 33.0. The molecule has 0 saturated heterocycles. The molecular formula is C24H29ClN4O2. The van der Waals surface area contributed by atoms with Gasteiger partial charge in [0.25, 0.3) is 5.56 Å². The third kappa shape index (κ3) is 5.25. The van der Waals surface area contributed by atoms with E-state index in [-0.39, 0.29) is 17.5 Å². The summed E-state index contributed by atoms with van der Waals surface area (Å²) in [6.45, 7) is 9.11. The van der Waals surface area contributed by atoms with Crippen LogP contribution in [0.1, 0.15) is 46.0 Å². The van der Waals surface area contributed by atoms with Gasteiger partial charge in [0, 0.05) is 23.8 Å². The number of rotatable bonds is 7. The van der Waals surface area contributed by atoms with E-state index in [1.807, 2.05) is 32.0 Å². The first-order chi connectivity index (χ1) is 14.8. The van der Waals surface area contributed by atoms with E-state index < -0.39 is 6.04 Å². The predicted molar refractivity (Wildman–Crippen MR) is 127 cm³/mol. The summed E-state index contributed by atoms with van der Waals surface area (Å²) >= 11 is 6.07. The summed E-state index contributed by atoms with van der Waals surface area (Å²) in [5.41, 5.74) is 1.19. The van der Waals surface area contributed by atoms with Gasteiger partial charge in [0.1, 0.15) is 5.82 Å². The lowest BCUT2D eigenvalue weighted by atomic mass is 10.1. The van der Waals surface area contributed by atoms with Gasteiger partial charge in [0.05, 0.1) is 16.9 Å². The Kier molecular flexibility index (Phi) is 7.33. The number of anilines is 1. The zero-order valence-electron chi connectivity index (χ0n) is 18.4. The minimum absolute atomic E-state index is 0.0750. The molecule has 2 aromatic carbocycles. The van der Waals surface area contributed by atoms with Gasteiger partial charge in [-0.05, 0) is 49.6 Å². The number of nitrogens with zero attached hydrogens (tertiary/aromatic N) is 3. The molecule has 1 N–H and O–H groups in total. The highest BCUT2D eigenvalue weighted by Crippen LogP contribution is 2.23. The molecule has 0 radical (unpaired) electrons. The van der Waals surface area contributed by atoms with Gasteiger partial charge in [-0.1, -0.05) is 50.6 Å². The summed E-state index contributed by atoms with van der Waals surface area (Å²) in [6.07, 6.45) is 0.790. The molecule has 0 saturated carbocycles. The van der Waals surface area contributed by atoms with Crippen LogP contribution in [0.2, 0.25) is 5.02 Å². The minimum Gasteiger partial charge on any atom is -0.314 e. The lowest BCUT2D eigenvalue weighted by Crippen LogP contribution is -2.42. The first kappa shape index (κ1) is 22.8. The molecule has 0 fully saturated rings. The second-order valence-electron chi connectivity index (χ2n) is 8.11. The van der Waals surface area contributed by atoms with E-state index in [0.29, 0.717) is 40.5 Å². The van der Waals surface area contributed by atoms with Crippen molar-refractivity contribution in [2.75, 3.05) is 11.9 Å². The van der Waals surface area contributed by atoms with Crippen LogP contribution in [0.5, 0.6) is 0 Å². The van der Waals surface area contributed by atoms with Gasteiger partial charge < -0.3 is 10.2 Å². The van der Waals surface area contributed by atoms with Gasteiger partial charge in [-0.15, -0.1) is 0 Å². The molecule has 0 spiro atoms. The number of para-hydroxylation sites is 1. The van der Waals surface area contributed by atoms with E-state index in [1.165, 1.54) is 0 Å². The van der Waals surface area contributed by atoms with Crippen LogP contribution in [0.3, 0.4) is 0 Å². The Bertz CT molecular complexity index is 1130. The Hall–Kier alpha value is -2.86. The van der Waals surface area contributed by atoms with Crippen LogP contribution in [-0.2, 0) is 6.54 Å². The minimum atomic E-state index is -0.398. The molecule has 1 unspecified atom stereocenters. The summed E-state index contributed by atoms with van der Waals surface area (Å²) in [7, 11) is 0. The Morgan fingerprint density at radius 3 is 2.58 bits per heavy atom. The van der Waals surface area contributed by atoms with Crippen molar-refractivity contribution in [2.24, 2.45) is 5.92 Å². The van der Waals surface area contributed by atoms with Crippen molar-refractivity contribution in [3.63, 3.8) is 0 Å². The number of hydrogen-bond donors (Lipinski definition) is 1. The van der Waals surface area contributed by atoms with Crippen molar-refractivity contribution in [1.29, 1.82) is 0 Å². The van der Waals surface area contributed by atoms with Crippen LogP contribution in [0.15, 0.2) is 53.3 Å². The van der Waals surface area contributed by atoms with Crippen molar-refractivity contribution in [3.8, 4) is 0 Å². The number of urea groups is 1. The van der Waals surface area contributed by atoms with Crippen LogP contribution < -0.4 is 10.9 Å². The van der Waals surface area contributed by atoms with Gasteiger partial charge in [-0.2, -0.15) is 0 Å². The zero-order chi connectivity index (χ0) is 22.5. The molecule has 0 bridgehead atoms. The first-order valence-corrected chi connectivity index (χ1v) is 11.0. The van der Waals surface area contributed by atoms with E-state index in [2.05, 4.69) is 19.2 Å². The SMILES string of the molecule is CCCn1c(C(C)N(CC(C)C)C(=O)Nc2cccc(Cl)c2)nc2ccccc2c1=O. The van der Waals surface area contributed by atoms with Crippen LogP contribution in [0.4, 0.5) is 10.5 Å². The van der Waals surface area contributed by atoms with Crippen molar-refractivity contribution in [3.05, 3.63) is 69.7 Å². The third-order valence-corrected chi connectivity index (χ3v) is 5.31. The lowest BCUT2D eigenvalue weighted by molar-refractivity contribution is 0.178. The summed E-state index contributed by atoms with van der Waals surface area (Å²) < 4.78 is 1.70. The maximum atomic E-state index is 13.2. The third-order valence-electron chi connectivity index (χ3n) is 5.08. The van der Waals surface area contributed by atoms with Crippen LogP contribution in [0, 0.1) is 5.92 Å². The number of carbonyl (C=O) groups is 1. The van der Waals surface area contributed by atoms with E-state index in [1.54, 1.807) is 39.8 Å². The molecule has 2 amide bonds. The number of carbonyl (C=O) groups excluding carboxylic acids is 1. The van der Waals surface area contributed by atoms with Crippen LogP contribution in [-0.4, -0.2) is 27.0 Å². The topological polar surface area (TPSA) is 67.2 Å². The molecule has 164 valence electrons. The lowest BCUT2D eigenvalue weighted by Gasteiger charge is -2.32. The molecule has 31 heavy (non-hydrogen) atoms. The Labute approximate surface area is 187 Å². The van der Waals surface area contributed by atoms with E-state index in [0.717, 1.165) is 6.42 Å². The normalized spacial score (nSPS) is 12.2. The maximum absolute atomic E-state index is 13.2. The zero-order valence-corrected chi connectivity index (χ0v) is 19.2. The number of halogens is 1. The molecule has 3 rings (SSSR count). The highest BCUT2D eigenvalue weighted by molar-refractivity contribution is 6.30. The highest BCUT2D eigenvalue weighted by atomic mass is 35.5. The van der Waals surface area contributed by atoms with Crippen LogP contribution >= 0.6 is 11.6 Å². The maximum Gasteiger partial charge on any atom is 0.322 e. The summed E-state index contributed by atoms with van der Waals surface area (Å²) in [5.74, 6) is 0.826. The van der Waals surface area contributed by atoms with Gasteiger partial charge in [0.15, 0.2) is 0 Å². The van der Waals surface area contributed by atoms with Gasteiger partial charge in [-0.3, -0.25) is 9.36 Å². The van der Waals surface area contributed by atoms with E-state index >= 15 is 0 Å². The van der Waals surface area contributed by atoms with E-state index in [9.17, 15) is 9.59 Å². The standard InChI is InChI=1S/C24H29ClN4O2/c1-5-13-28-22(27-21-12-7-6-11-20(21)23(28)30)17(4)29(15-16(2)3)24(31)26-19-10-8-9-18(25)14-19/h6-12,14,16-17H,5,13,15H2,1-4H3,(H,26,31). The molecule has 0 aliphatic heterocycles. The van der Waals surface area contributed by atoms with E-state index in [4.69, 9.17) is 16.6 Å². The Morgan fingerprint density at radius 2 is 1.90 bits per heavy atom. The average molecular weight is 441 g/mol. The smallest absolute Gasteiger partial charge is 0.314 e. The number of fused-ring (bicyclic) bond motifs is 1. The quantitative estimate of drug-likeness (QED) is 0.511. The second-order valence-corrected chi connectivity index (χ2v) is 8.54. The van der Waals surface area contributed by atoms with Gasteiger partial charge in [0.2, 0.25) is 0 Å². The molecule has 1 heterocycles. The fourth-order valence-electron chi connectivity index (χ4n) is 3.66.